The van der Waals surface area contributed by atoms with Gasteiger partial charge in [-0.2, -0.15) is 0 Å². The monoisotopic (exact) mass is 275 g/mol. The third-order valence-corrected chi connectivity index (χ3v) is 2.50. The number of aromatic nitrogens is 4. The molecule has 2 aromatic rings. The molecule has 0 bridgehead atoms. The van der Waals surface area contributed by atoms with Crippen LogP contribution in [0, 0.1) is 0 Å². The van der Waals surface area contributed by atoms with Gasteiger partial charge in [-0.15, -0.1) is 5.10 Å². The molecule has 0 unspecified atom stereocenters. The largest absolute Gasteiger partial charge is 0.320 e. The third-order valence-electron chi connectivity index (χ3n) is 2.50. The van der Waals surface area contributed by atoms with E-state index in [2.05, 4.69) is 26.1 Å². The summed E-state index contributed by atoms with van der Waals surface area (Å²) in [5.41, 5.74) is 11.2. The summed E-state index contributed by atoms with van der Waals surface area (Å²) in [5.74, 6) is 0.296. The van der Waals surface area contributed by atoms with Gasteiger partial charge in [0.2, 0.25) is 0 Å². The lowest BCUT2D eigenvalue weighted by molar-refractivity contribution is -0.121. The summed E-state index contributed by atoms with van der Waals surface area (Å²) in [6.45, 7) is 3.69. The number of nitrogens with one attached hydrogen (secondary N) is 2. The number of pyridine rings is 1. The molecule has 0 aliphatic heterocycles. The third kappa shape index (κ3) is 3.75. The van der Waals surface area contributed by atoms with Gasteiger partial charge in [-0.1, -0.05) is 11.3 Å². The Kier molecular flexibility index (Phi) is 3.94. The van der Waals surface area contributed by atoms with Crippen molar-refractivity contribution in [1.82, 2.24) is 25.4 Å². The fraction of sp³-hybridized carbons (Fsp3) is 0.333. The van der Waals surface area contributed by atoms with Crippen LogP contribution in [-0.4, -0.2) is 25.9 Å². The SMILES string of the molecule is CC(C)(N)c1cn(CC(=O)NNc2ccccn2)nn1. The summed E-state index contributed by atoms with van der Waals surface area (Å²) in [7, 11) is 0. The molecule has 0 aromatic carbocycles. The first-order chi connectivity index (χ1) is 9.45. The first-order valence-corrected chi connectivity index (χ1v) is 6.10. The number of hydrogen-bond donors (Lipinski definition) is 3. The first-order valence-electron chi connectivity index (χ1n) is 6.10. The molecule has 2 heterocycles. The highest BCUT2D eigenvalue weighted by molar-refractivity contribution is 5.76. The topological polar surface area (TPSA) is 111 Å². The number of nitrogens with two attached hydrogens (primary N) is 1. The second kappa shape index (κ2) is 5.66. The van der Waals surface area contributed by atoms with E-state index in [0.717, 1.165) is 0 Å². The van der Waals surface area contributed by atoms with E-state index >= 15 is 0 Å². The van der Waals surface area contributed by atoms with E-state index in [4.69, 9.17) is 5.73 Å². The summed E-state index contributed by atoms with van der Waals surface area (Å²) in [5, 5.41) is 7.79. The van der Waals surface area contributed by atoms with Crippen molar-refractivity contribution in [2.45, 2.75) is 25.9 Å². The average molecular weight is 275 g/mol. The summed E-state index contributed by atoms with van der Waals surface area (Å²) in [6, 6.07) is 5.35. The number of carbonyl (C=O) groups excluding carboxylic acids is 1. The van der Waals surface area contributed by atoms with Gasteiger partial charge in [-0.05, 0) is 26.0 Å². The minimum Gasteiger partial charge on any atom is -0.320 e. The van der Waals surface area contributed by atoms with Crippen molar-refractivity contribution < 1.29 is 4.79 Å². The molecule has 2 aromatic heterocycles. The van der Waals surface area contributed by atoms with Crippen LogP contribution in [0.1, 0.15) is 19.5 Å². The van der Waals surface area contributed by atoms with Crippen LogP contribution >= 0.6 is 0 Å². The molecular weight excluding hydrogens is 258 g/mol. The van der Waals surface area contributed by atoms with Gasteiger partial charge >= 0.3 is 0 Å². The van der Waals surface area contributed by atoms with E-state index in [0.29, 0.717) is 11.5 Å². The number of anilines is 1. The van der Waals surface area contributed by atoms with E-state index in [-0.39, 0.29) is 12.5 Å². The smallest absolute Gasteiger partial charge is 0.260 e. The van der Waals surface area contributed by atoms with Crippen molar-refractivity contribution in [3.8, 4) is 0 Å². The van der Waals surface area contributed by atoms with Crippen LogP contribution in [0.25, 0.3) is 0 Å². The lowest BCUT2D eigenvalue weighted by atomic mass is 10.0. The molecule has 4 N–H and O–H groups in total. The molecule has 8 heteroatoms. The zero-order chi connectivity index (χ0) is 14.6. The summed E-state index contributed by atoms with van der Waals surface area (Å²) in [6.07, 6.45) is 3.28. The van der Waals surface area contributed by atoms with Gasteiger partial charge in [0.25, 0.3) is 5.91 Å². The van der Waals surface area contributed by atoms with E-state index in [9.17, 15) is 4.79 Å². The zero-order valence-electron chi connectivity index (χ0n) is 11.4. The van der Waals surface area contributed by atoms with Crippen molar-refractivity contribution in [3.63, 3.8) is 0 Å². The van der Waals surface area contributed by atoms with Crippen LogP contribution in [0.2, 0.25) is 0 Å². The Hall–Kier alpha value is -2.48. The van der Waals surface area contributed by atoms with E-state index in [1.165, 1.54) is 4.68 Å². The van der Waals surface area contributed by atoms with Crippen molar-refractivity contribution in [3.05, 3.63) is 36.3 Å². The molecule has 0 atom stereocenters. The normalized spacial score (nSPS) is 11.2. The highest BCUT2D eigenvalue weighted by Gasteiger charge is 2.18. The number of rotatable bonds is 5. The van der Waals surface area contributed by atoms with Crippen LogP contribution in [-0.2, 0) is 16.9 Å². The highest BCUT2D eigenvalue weighted by atomic mass is 16.2. The van der Waals surface area contributed by atoms with E-state index in [1.54, 1.807) is 24.5 Å². The van der Waals surface area contributed by atoms with Gasteiger partial charge in [0.05, 0.1) is 11.7 Å². The molecular formula is C12H17N7O. The minimum absolute atomic E-state index is 0.0446. The Morgan fingerprint density at radius 1 is 1.45 bits per heavy atom. The highest BCUT2D eigenvalue weighted by Crippen LogP contribution is 2.12. The fourth-order valence-corrected chi connectivity index (χ4v) is 1.43. The molecule has 0 saturated carbocycles. The second-order valence-corrected chi connectivity index (χ2v) is 4.91. The van der Waals surface area contributed by atoms with Crippen LogP contribution in [0.15, 0.2) is 30.6 Å². The summed E-state index contributed by atoms with van der Waals surface area (Å²) < 4.78 is 1.43. The molecule has 2 rings (SSSR count). The molecule has 20 heavy (non-hydrogen) atoms. The summed E-state index contributed by atoms with van der Waals surface area (Å²) in [4.78, 5) is 15.7. The predicted octanol–water partition coefficient (Wildman–Crippen LogP) is 0.0102. The molecule has 1 amide bonds. The lowest BCUT2D eigenvalue weighted by Gasteiger charge is -2.13. The van der Waals surface area contributed by atoms with Crippen molar-refractivity contribution in [1.29, 1.82) is 0 Å². The van der Waals surface area contributed by atoms with Crippen molar-refractivity contribution >= 4 is 11.7 Å². The number of nitrogens with zero attached hydrogens (tertiary/aromatic N) is 4. The van der Waals surface area contributed by atoms with Crippen molar-refractivity contribution in [2.75, 3.05) is 5.43 Å². The lowest BCUT2D eigenvalue weighted by Crippen LogP contribution is -2.33. The number of hydrazine groups is 1. The zero-order valence-corrected chi connectivity index (χ0v) is 11.4. The van der Waals surface area contributed by atoms with Gasteiger partial charge in [-0.3, -0.25) is 15.6 Å². The number of amides is 1. The van der Waals surface area contributed by atoms with Gasteiger partial charge < -0.3 is 5.73 Å². The number of carbonyl (C=O) groups is 1. The molecule has 0 saturated heterocycles. The quantitative estimate of drug-likeness (QED) is 0.663. The van der Waals surface area contributed by atoms with Gasteiger partial charge in [0.1, 0.15) is 18.1 Å². The van der Waals surface area contributed by atoms with Crippen molar-refractivity contribution in [2.24, 2.45) is 5.73 Å². The van der Waals surface area contributed by atoms with E-state index < -0.39 is 5.54 Å². The molecule has 0 radical (unpaired) electrons. The average Bonchev–Trinajstić information content (AvgIpc) is 2.86. The maximum absolute atomic E-state index is 11.7. The van der Waals surface area contributed by atoms with Crippen LogP contribution in [0.4, 0.5) is 5.82 Å². The Labute approximate surface area is 116 Å². The molecule has 106 valence electrons. The Morgan fingerprint density at radius 2 is 2.25 bits per heavy atom. The number of hydrogen-bond acceptors (Lipinski definition) is 6. The molecule has 0 aliphatic rings. The van der Waals surface area contributed by atoms with Gasteiger partial charge in [-0.25, -0.2) is 9.67 Å². The molecule has 8 nitrogen and oxygen atoms in total. The minimum atomic E-state index is -0.582. The predicted molar refractivity (Wildman–Crippen MR) is 73.2 cm³/mol. The maximum Gasteiger partial charge on any atom is 0.260 e. The molecule has 0 aliphatic carbocycles. The fourth-order valence-electron chi connectivity index (χ4n) is 1.43. The van der Waals surface area contributed by atoms with Crippen LogP contribution < -0.4 is 16.6 Å². The second-order valence-electron chi connectivity index (χ2n) is 4.91. The Bertz CT molecular complexity index is 573. The van der Waals surface area contributed by atoms with E-state index in [1.807, 2.05) is 19.9 Å². The Balaban J connectivity index is 1.87. The standard InChI is InChI=1S/C12H17N7O/c1-12(2,13)9-7-19(18-15-9)8-11(20)17-16-10-5-3-4-6-14-10/h3-7H,8,13H2,1-2H3,(H,14,16)(H,17,20). The van der Waals surface area contributed by atoms with Gasteiger partial charge in [0.15, 0.2) is 0 Å². The molecule has 0 fully saturated rings. The summed E-state index contributed by atoms with van der Waals surface area (Å²) >= 11 is 0. The first kappa shape index (κ1) is 13.9. The van der Waals surface area contributed by atoms with Gasteiger partial charge in [0, 0.05) is 6.20 Å². The van der Waals surface area contributed by atoms with Crippen LogP contribution in [0.5, 0.6) is 0 Å². The molecule has 0 spiro atoms. The van der Waals surface area contributed by atoms with Crippen LogP contribution in [0.3, 0.4) is 0 Å². The Morgan fingerprint density at radius 3 is 2.85 bits per heavy atom. The maximum atomic E-state index is 11.7.